The van der Waals surface area contributed by atoms with Gasteiger partial charge in [-0.1, -0.05) is 51.1 Å². The Morgan fingerprint density at radius 2 is 1.53 bits per heavy atom. The number of anilines is 2. The summed E-state index contributed by atoms with van der Waals surface area (Å²) in [5, 5.41) is 5.58. The fourth-order valence-corrected chi connectivity index (χ4v) is 4.02. The van der Waals surface area contributed by atoms with Crippen molar-refractivity contribution in [3.63, 3.8) is 0 Å². The predicted octanol–water partition coefficient (Wildman–Crippen LogP) is 3.16. The molecule has 2 aromatic rings. The van der Waals surface area contributed by atoms with E-state index in [2.05, 4.69) is 15.4 Å². The van der Waals surface area contributed by atoms with Crippen LogP contribution in [0.5, 0.6) is 0 Å². The first kappa shape index (κ1) is 23.4. The molecule has 2 amide bonds. The van der Waals surface area contributed by atoms with Crippen LogP contribution in [0.4, 0.5) is 11.4 Å². The van der Waals surface area contributed by atoms with Crippen LogP contribution in [-0.4, -0.2) is 32.0 Å². The minimum atomic E-state index is -3.37. The molecule has 0 spiro atoms. The Hall–Kier alpha value is -2.87. The lowest BCUT2D eigenvalue weighted by Gasteiger charge is -2.22. The van der Waals surface area contributed by atoms with E-state index >= 15 is 0 Å². The largest absolute Gasteiger partial charge is 0.344 e. The van der Waals surface area contributed by atoms with Gasteiger partial charge < -0.3 is 10.6 Å². The van der Waals surface area contributed by atoms with Gasteiger partial charge in [-0.3, -0.25) is 14.3 Å². The van der Waals surface area contributed by atoms with Crippen molar-refractivity contribution in [2.45, 2.75) is 39.7 Å². The third-order valence-electron chi connectivity index (χ3n) is 4.37. The molecular formula is C22H29N3O4S. The second-order valence-electron chi connectivity index (χ2n) is 7.44. The summed E-state index contributed by atoms with van der Waals surface area (Å²) in [5.41, 5.74) is 1.82. The molecule has 0 aliphatic rings. The SMILES string of the molecule is CCCS(=O)(=O)Nc1ccc(NC(=O)C(NC(=O)Cc2ccccc2)C(C)C)cc1. The molecule has 0 aromatic heterocycles. The van der Waals surface area contributed by atoms with Gasteiger partial charge in [-0.05, 0) is 42.2 Å². The van der Waals surface area contributed by atoms with Gasteiger partial charge in [0.2, 0.25) is 21.8 Å². The molecule has 0 bridgehead atoms. The molecule has 1 unspecified atom stereocenters. The number of carbonyl (C=O) groups excluding carboxylic acids is 2. The van der Waals surface area contributed by atoms with Crippen LogP contribution in [0.2, 0.25) is 0 Å². The summed E-state index contributed by atoms with van der Waals surface area (Å²) in [6, 6.07) is 15.0. The number of hydrogen-bond donors (Lipinski definition) is 3. The van der Waals surface area contributed by atoms with Crippen molar-refractivity contribution >= 4 is 33.2 Å². The van der Waals surface area contributed by atoms with Gasteiger partial charge in [0.15, 0.2) is 0 Å². The van der Waals surface area contributed by atoms with Gasteiger partial charge in [0, 0.05) is 11.4 Å². The monoisotopic (exact) mass is 431 g/mol. The van der Waals surface area contributed by atoms with E-state index in [1.807, 2.05) is 44.2 Å². The first-order valence-corrected chi connectivity index (χ1v) is 11.6. The van der Waals surface area contributed by atoms with Crippen molar-refractivity contribution in [3.05, 3.63) is 60.2 Å². The number of benzene rings is 2. The Kier molecular flexibility index (Phi) is 8.41. The maximum absolute atomic E-state index is 12.7. The number of carbonyl (C=O) groups is 2. The highest BCUT2D eigenvalue weighted by atomic mass is 32.2. The quantitative estimate of drug-likeness (QED) is 0.537. The first-order valence-electron chi connectivity index (χ1n) is 9.95. The van der Waals surface area contributed by atoms with E-state index in [0.29, 0.717) is 17.8 Å². The minimum Gasteiger partial charge on any atom is -0.344 e. The van der Waals surface area contributed by atoms with Crippen LogP contribution < -0.4 is 15.4 Å². The maximum Gasteiger partial charge on any atom is 0.247 e. The molecule has 0 aliphatic heterocycles. The number of rotatable bonds is 10. The van der Waals surface area contributed by atoms with E-state index in [9.17, 15) is 18.0 Å². The Bertz CT molecular complexity index is 942. The van der Waals surface area contributed by atoms with Gasteiger partial charge in [0.25, 0.3) is 0 Å². The molecule has 0 aliphatic carbocycles. The number of amides is 2. The van der Waals surface area contributed by atoms with Crippen molar-refractivity contribution < 1.29 is 18.0 Å². The van der Waals surface area contributed by atoms with Crippen LogP contribution >= 0.6 is 0 Å². The smallest absolute Gasteiger partial charge is 0.247 e. The fourth-order valence-electron chi connectivity index (χ4n) is 2.88. The molecule has 2 aromatic carbocycles. The van der Waals surface area contributed by atoms with Crippen molar-refractivity contribution in [1.29, 1.82) is 0 Å². The second-order valence-corrected chi connectivity index (χ2v) is 9.28. The van der Waals surface area contributed by atoms with Gasteiger partial charge in [-0.15, -0.1) is 0 Å². The zero-order valence-corrected chi connectivity index (χ0v) is 18.3. The van der Waals surface area contributed by atoms with Gasteiger partial charge in [-0.2, -0.15) is 0 Å². The third kappa shape index (κ3) is 7.51. The van der Waals surface area contributed by atoms with Crippen LogP contribution in [0.1, 0.15) is 32.8 Å². The Morgan fingerprint density at radius 3 is 2.10 bits per heavy atom. The zero-order chi connectivity index (χ0) is 22.1. The Labute approximate surface area is 178 Å². The average molecular weight is 432 g/mol. The van der Waals surface area contributed by atoms with Crippen LogP contribution in [0.15, 0.2) is 54.6 Å². The second kappa shape index (κ2) is 10.8. The van der Waals surface area contributed by atoms with Crippen molar-refractivity contribution in [2.24, 2.45) is 5.92 Å². The zero-order valence-electron chi connectivity index (χ0n) is 17.5. The topological polar surface area (TPSA) is 104 Å². The lowest BCUT2D eigenvalue weighted by Crippen LogP contribution is -2.47. The fraction of sp³-hybridized carbons (Fsp3) is 0.364. The first-order chi connectivity index (χ1) is 14.2. The summed E-state index contributed by atoms with van der Waals surface area (Å²) < 4.78 is 26.2. The standard InChI is InChI=1S/C22H29N3O4S/c1-4-14-30(28,29)25-19-12-10-18(11-13-19)23-22(27)21(16(2)3)24-20(26)15-17-8-6-5-7-9-17/h5-13,16,21,25H,4,14-15H2,1-3H3,(H,23,27)(H,24,26). The molecular weight excluding hydrogens is 402 g/mol. The molecule has 0 radical (unpaired) electrons. The van der Waals surface area contributed by atoms with Crippen LogP contribution in [0, 0.1) is 5.92 Å². The molecule has 7 nitrogen and oxygen atoms in total. The molecule has 8 heteroatoms. The van der Waals surface area contributed by atoms with E-state index in [1.165, 1.54) is 0 Å². The van der Waals surface area contributed by atoms with Crippen molar-refractivity contribution in [3.8, 4) is 0 Å². The average Bonchev–Trinajstić information content (AvgIpc) is 2.68. The molecule has 2 rings (SSSR count). The third-order valence-corrected chi connectivity index (χ3v) is 5.86. The summed E-state index contributed by atoms with van der Waals surface area (Å²) in [4.78, 5) is 25.1. The lowest BCUT2D eigenvalue weighted by molar-refractivity contribution is -0.127. The highest BCUT2D eigenvalue weighted by molar-refractivity contribution is 7.92. The van der Waals surface area contributed by atoms with Gasteiger partial charge in [0.05, 0.1) is 12.2 Å². The summed E-state index contributed by atoms with van der Waals surface area (Å²) in [6.45, 7) is 5.51. The molecule has 0 heterocycles. The molecule has 0 saturated heterocycles. The van der Waals surface area contributed by atoms with E-state index in [1.54, 1.807) is 31.2 Å². The van der Waals surface area contributed by atoms with Gasteiger partial charge >= 0.3 is 0 Å². The molecule has 3 N–H and O–H groups in total. The van der Waals surface area contributed by atoms with E-state index in [-0.39, 0.29) is 29.9 Å². The lowest BCUT2D eigenvalue weighted by atomic mass is 10.0. The number of sulfonamides is 1. The molecule has 0 saturated carbocycles. The molecule has 0 fully saturated rings. The number of hydrogen-bond acceptors (Lipinski definition) is 4. The maximum atomic E-state index is 12.7. The van der Waals surface area contributed by atoms with E-state index in [0.717, 1.165) is 5.56 Å². The Balaban J connectivity index is 1.98. The molecule has 162 valence electrons. The van der Waals surface area contributed by atoms with Crippen molar-refractivity contribution in [2.75, 3.05) is 15.8 Å². The van der Waals surface area contributed by atoms with E-state index < -0.39 is 16.1 Å². The van der Waals surface area contributed by atoms with Gasteiger partial charge in [-0.25, -0.2) is 8.42 Å². The van der Waals surface area contributed by atoms with Crippen LogP contribution in [-0.2, 0) is 26.0 Å². The van der Waals surface area contributed by atoms with Gasteiger partial charge in [0.1, 0.15) is 6.04 Å². The highest BCUT2D eigenvalue weighted by Crippen LogP contribution is 2.16. The minimum absolute atomic E-state index is 0.0459. The molecule has 30 heavy (non-hydrogen) atoms. The summed E-state index contributed by atoms with van der Waals surface area (Å²) in [7, 11) is -3.37. The highest BCUT2D eigenvalue weighted by Gasteiger charge is 2.24. The van der Waals surface area contributed by atoms with E-state index in [4.69, 9.17) is 0 Å². The van der Waals surface area contributed by atoms with Crippen LogP contribution in [0.25, 0.3) is 0 Å². The number of nitrogens with one attached hydrogen (secondary N) is 3. The van der Waals surface area contributed by atoms with Crippen molar-refractivity contribution in [1.82, 2.24) is 5.32 Å². The summed E-state index contributed by atoms with van der Waals surface area (Å²) >= 11 is 0. The summed E-state index contributed by atoms with van der Waals surface area (Å²) in [6.07, 6.45) is 0.722. The predicted molar refractivity (Wildman–Crippen MR) is 120 cm³/mol. The molecule has 1 atom stereocenters. The summed E-state index contributed by atoms with van der Waals surface area (Å²) in [5.74, 6) is -0.615. The Morgan fingerprint density at radius 1 is 0.933 bits per heavy atom. The normalized spacial score (nSPS) is 12.3. The van der Waals surface area contributed by atoms with Crippen LogP contribution in [0.3, 0.4) is 0 Å².